The van der Waals surface area contributed by atoms with Crippen LogP contribution in [0.15, 0.2) is 48.5 Å². The van der Waals surface area contributed by atoms with Crippen molar-refractivity contribution in [2.24, 2.45) is 0 Å². The van der Waals surface area contributed by atoms with Gasteiger partial charge in [-0.2, -0.15) is 4.98 Å². The van der Waals surface area contributed by atoms with E-state index in [1.807, 2.05) is 6.07 Å². The molecule has 0 radical (unpaired) electrons. The monoisotopic (exact) mass is 322 g/mol. The van der Waals surface area contributed by atoms with E-state index in [2.05, 4.69) is 74.7 Å². The third kappa shape index (κ3) is 3.45. The average Bonchev–Trinajstić information content (AvgIpc) is 2.92. The molecule has 0 spiro atoms. The Morgan fingerprint density at radius 1 is 1.04 bits per heavy atom. The standard InChI is InChI=1S/C21H26N2O/c1-5-13-24-19-12-11-17-14-18(21(2,3)4)23(20(17)22-19)15-16-9-7-6-8-10-16/h6-12,14H,5,13,15H2,1-4H3. The summed E-state index contributed by atoms with van der Waals surface area (Å²) in [4.78, 5) is 4.78. The van der Waals surface area contributed by atoms with Gasteiger partial charge >= 0.3 is 0 Å². The molecule has 2 heterocycles. The van der Waals surface area contributed by atoms with Crippen molar-refractivity contribution in [2.45, 2.75) is 46.1 Å². The van der Waals surface area contributed by atoms with Crippen LogP contribution in [-0.4, -0.2) is 16.2 Å². The number of nitrogens with zero attached hydrogens (tertiary/aromatic N) is 2. The summed E-state index contributed by atoms with van der Waals surface area (Å²) < 4.78 is 8.06. The van der Waals surface area contributed by atoms with Crippen LogP contribution in [0.25, 0.3) is 11.0 Å². The van der Waals surface area contributed by atoms with Crippen LogP contribution in [0.4, 0.5) is 0 Å². The second kappa shape index (κ2) is 6.68. The molecular weight excluding hydrogens is 296 g/mol. The molecule has 3 nitrogen and oxygen atoms in total. The first kappa shape index (κ1) is 16.6. The molecule has 0 saturated heterocycles. The lowest BCUT2D eigenvalue weighted by Gasteiger charge is -2.22. The van der Waals surface area contributed by atoms with E-state index in [-0.39, 0.29) is 5.41 Å². The first-order valence-corrected chi connectivity index (χ1v) is 8.66. The second-order valence-electron chi connectivity index (χ2n) is 7.26. The Balaban J connectivity index is 2.10. The number of rotatable bonds is 5. The van der Waals surface area contributed by atoms with Crippen molar-refractivity contribution in [3.05, 3.63) is 59.8 Å². The summed E-state index contributed by atoms with van der Waals surface area (Å²) in [6, 6.07) is 16.9. The van der Waals surface area contributed by atoms with Crippen molar-refractivity contribution in [2.75, 3.05) is 6.61 Å². The molecule has 3 rings (SSSR count). The molecular formula is C21H26N2O. The van der Waals surface area contributed by atoms with Crippen LogP contribution in [0, 0.1) is 0 Å². The predicted molar refractivity (Wildman–Crippen MR) is 99.8 cm³/mol. The van der Waals surface area contributed by atoms with Crippen molar-refractivity contribution < 1.29 is 4.74 Å². The van der Waals surface area contributed by atoms with E-state index in [0.29, 0.717) is 12.5 Å². The minimum atomic E-state index is 0.0555. The largest absolute Gasteiger partial charge is 0.478 e. The highest BCUT2D eigenvalue weighted by Gasteiger charge is 2.22. The topological polar surface area (TPSA) is 27.1 Å². The molecule has 0 bridgehead atoms. The van der Waals surface area contributed by atoms with E-state index in [4.69, 9.17) is 9.72 Å². The van der Waals surface area contributed by atoms with Gasteiger partial charge in [0, 0.05) is 29.1 Å². The quantitative estimate of drug-likeness (QED) is 0.648. The third-order valence-corrected chi connectivity index (χ3v) is 4.12. The van der Waals surface area contributed by atoms with Crippen LogP contribution < -0.4 is 4.74 Å². The molecule has 0 aliphatic carbocycles. The molecule has 0 atom stereocenters. The zero-order valence-electron chi connectivity index (χ0n) is 15.0. The normalized spacial score (nSPS) is 11.8. The van der Waals surface area contributed by atoms with Crippen molar-refractivity contribution in [1.29, 1.82) is 0 Å². The molecule has 1 aromatic carbocycles. The summed E-state index contributed by atoms with van der Waals surface area (Å²) in [6.45, 7) is 10.4. The summed E-state index contributed by atoms with van der Waals surface area (Å²) in [6.07, 6.45) is 0.984. The lowest BCUT2D eigenvalue weighted by molar-refractivity contribution is 0.306. The Kier molecular flexibility index (Phi) is 4.61. The summed E-state index contributed by atoms with van der Waals surface area (Å²) in [5.74, 6) is 0.706. The van der Waals surface area contributed by atoms with E-state index in [9.17, 15) is 0 Å². The zero-order valence-corrected chi connectivity index (χ0v) is 15.0. The van der Waals surface area contributed by atoms with Gasteiger partial charge in [-0.05, 0) is 24.1 Å². The highest BCUT2D eigenvalue weighted by Crippen LogP contribution is 2.30. The first-order chi connectivity index (χ1) is 11.5. The van der Waals surface area contributed by atoms with E-state index in [0.717, 1.165) is 18.6 Å². The van der Waals surface area contributed by atoms with Gasteiger partial charge in [-0.15, -0.1) is 0 Å². The smallest absolute Gasteiger partial charge is 0.215 e. The SMILES string of the molecule is CCCOc1ccc2cc(C(C)(C)C)n(Cc3ccccc3)c2n1. The number of hydrogen-bond donors (Lipinski definition) is 0. The number of pyridine rings is 1. The number of ether oxygens (including phenoxy) is 1. The minimum Gasteiger partial charge on any atom is -0.478 e. The summed E-state index contributed by atoms with van der Waals surface area (Å²) in [5, 5.41) is 1.17. The van der Waals surface area contributed by atoms with Crippen molar-refractivity contribution in [3.63, 3.8) is 0 Å². The van der Waals surface area contributed by atoms with Crippen molar-refractivity contribution >= 4 is 11.0 Å². The molecule has 0 unspecified atom stereocenters. The Morgan fingerprint density at radius 3 is 2.46 bits per heavy atom. The van der Waals surface area contributed by atoms with Gasteiger partial charge in [-0.1, -0.05) is 58.0 Å². The molecule has 0 amide bonds. The van der Waals surface area contributed by atoms with E-state index >= 15 is 0 Å². The lowest BCUT2D eigenvalue weighted by atomic mass is 9.92. The minimum absolute atomic E-state index is 0.0555. The Morgan fingerprint density at radius 2 is 1.79 bits per heavy atom. The number of hydrogen-bond acceptors (Lipinski definition) is 2. The first-order valence-electron chi connectivity index (χ1n) is 8.66. The maximum absolute atomic E-state index is 5.74. The third-order valence-electron chi connectivity index (χ3n) is 4.12. The van der Waals surface area contributed by atoms with Crippen LogP contribution in [0.1, 0.15) is 45.4 Å². The van der Waals surface area contributed by atoms with Crippen LogP contribution in [-0.2, 0) is 12.0 Å². The van der Waals surface area contributed by atoms with Gasteiger partial charge < -0.3 is 9.30 Å². The van der Waals surface area contributed by atoms with Crippen LogP contribution in [0.5, 0.6) is 5.88 Å². The zero-order chi connectivity index (χ0) is 17.2. The van der Waals surface area contributed by atoms with E-state index < -0.39 is 0 Å². The fourth-order valence-electron chi connectivity index (χ4n) is 2.94. The van der Waals surface area contributed by atoms with Gasteiger partial charge in [0.1, 0.15) is 5.65 Å². The summed E-state index contributed by atoms with van der Waals surface area (Å²) in [5.41, 5.74) is 3.63. The number of aromatic nitrogens is 2. The molecule has 3 aromatic rings. The molecule has 0 fully saturated rings. The van der Waals surface area contributed by atoms with E-state index in [1.165, 1.54) is 16.6 Å². The van der Waals surface area contributed by atoms with Gasteiger partial charge in [0.05, 0.1) is 6.61 Å². The molecule has 0 aliphatic heterocycles. The molecule has 0 N–H and O–H groups in total. The Bertz CT molecular complexity index is 813. The van der Waals surface area contributed by atoms with Gasteiger partial charge in [0.2, 0.25) is 5.88 Å². The van der Waals surface area contributed by atoms with Gasteiger partial charge in [0.15, 0.2) is 0 Å². The molecule has 2 aromatic heterocycles. The van der Waals surface area contributed by atoms with Gasteiger partial charge in [-0.3, -0.25) is 0 Å². The van der Waals surface area contributed by atoms with Crippen LogP contribution >= 0.6 is 0 Å². The number of benzene rings is 1. The molecule has 0 aliphatic rings. The Labute approximate surface area is 144 Å². The Hall–Kier alpha value is -2.29. The number of fused-ring (bicyclic) bond motifs is 1. The van der Waals surface area contributed by atoms with Crippen molar-refractivity contribution in [1.82, 2.24) is 9.55 Å². The van der Waals surface area contributed by atoms with E-state index in [1.54, 1.807) is 0 Å². The molecule has 24 heavy (non-hydrogen) atoms. The van der Waals surface area contributed by atoms with Crippen LogP contribution in [0.2, 0.25) is 0 Å². The average molecular weight is 322 g/mol. The van der Waals surface area contributed by atoms with Crippen molar-refractivity contribution in [3.8, 4) is 5.88 Å². The fourth-order valence-corrected chi connectivity index (χ4v) is 2.94. The lowest BCUT2D eigenvalue weighted by Crippen LogP contribution is -2.18. The summed E-state index contributed by atoms with van der Waals surface area (Å²) in [7, 11) is 0. The molecule has 3 heteroatoms. The molecule has 126 valence electrons. The summed E-state index contributed by atoms with van der Waals surface area (Å²) >= 11 is 0. The molecule has 0 saturated carbocycles. The van der Waals surface area contributed by atoms with Crippen LogP contribution in [0.3, 0.4) is 0 Å². The highest BCUT2D eigenvalue weighted by atomic mass is 16.5. The predicted octanol–water partition coefficient (Wildman–Crippen LogP) is 5.17. The highest BCUT2D eigenvalue weighted by molar-refractivity contribution is 5.78. The maximum Gasteiger partial charge on any atom is 0.215 e. The van der Waals surface area contributed by atoms with Gasteiger partial charge in [0.25, 0.3) is 0 Å². The fraction of sp³-hybridized carbons (Fsp3) is 0.381. The maximum atomic E-state index is 5.74. The van der Waals surface area contributed by atoms with Gasteiger partial charge in [-0.25, -0.2) is 0 Å². The second-order valence-corrected chi connectivity index (χ2v) is 7.26.